The molecule has 0 bridgehead atoms. The van der Waals surface area contributed by atoms with Gasteiger partial charge < -0.3 is 9.64 Å². The van der Waals surface area contributed by atoms with Crippen molar-refractivity contribution >= 4 is 5.69 Å². The Bertz CT molecular complexity index is 285. The Morgan fingerprint density at radius 1 is 1.42 bits per heavy atom. The van der Waals surface area contributed by atoms with Gasteiger partial charge in [0.1, 0.15) is 12.4 Å². The van der Waals surface area contributed by atoms with Crippen molar-refractivity contribution in [2.45, 2.75) is 13.0 Å². The molecule has 0 aromatic heterocycles. The van der Waals surface area contributed by atoms with Gasteiger partial charge in [-0.25, -0.2) is 0 Å². The highest BCUT2D eigenvalue weighted by Gasteiger charge is 2.19. The molecule has 1 unspecified atom stereocenters. The van der Waals surface area contributed by atoms with Crippen molar-refractivity contribution in [3.63, 3.8) is 0 Å². The van der Waals surface area contributed by atoms with Crippen molar-refractivity contribution in [1.29, 1.82) is 0 Å². The summed E-state index contributed by atoms with van der Waals surface area (Å²) in [6, 6.07) is 8.61. The quantitative estimate of drug-likeness (QED) is 0.579. The van der Waals surface area contributed by atoms with Crippen LogP contribution in [-0.2, 0) is 0 Å². The zero-order chi connectivity index (χ0) is 8.55. The van der Waals surface area contributed by atoms with Crippen LogP contribution in [0.4, 0.5) is 5.69 Å². The molecular formula is C10H13NO. The predicted octanol–water partition coefficient (Wildman–Crippen LogP) is 1.90. The lowest BCUT2D eigenvalue weighted by Gasteiger charge is -2.33. The van der Waals surface area contributed by atoms with E-state index in [9.17, 15) is 0 Å². The number of rotatable bonds is 0. The maximum Gasteiger partial charge on any atom is 0.142 e. The molecule has 1 aromatic carbocycles. The van der Waals surface area contributed by atoms with E-state index in [1.54, 1.807) is 0 Å². The minimum Gasteiger partial charge on any atom is -0.489 e. The van der Waals surface area contributed by atoms with Gasteiger partial charge in [-0.1, -0.05) is 12.1 Å². The lowest BCUT2D eigenvalue weighted by Crippen LogP contribution is -2.37. The first kappa shape index (κ1) is 7.47. The molecule has 0 fully saturated rings. The fourth-order valence-electron chi connectivity index (χ4n) is 1.43. The van der Waals surface area contributed by atoms with Crippen LogP contribution < -0.4 is 9.64 Å². The topological polar surface area (TPSA) is 12.5 Å². The highest BCUT2D eigenvalue weighted by Crippen LogP contribution is 2.31. The van der Waals surface area contributed by atoms with E-state index in [2.05, 4.69) is 24.9 Å². The summed E-state index contributed by atoms with van der Waals surface area (Å²) in [7, 11) is 2.10. The summed E-state index contributed by atoms with van der Waals surface area (Å²) in [5.74, 6) is 0.998. The fraction of sp³-hybridized carbons (Fsp3) is 0.400. The van der Waals surface area contributed by atoms with Crippen LogP contribution in [0.1, 0.15) is 6.92 Å². The van der Waals surface area contributed by atoms with Crippen molar-refractivity contribution in [2.75, 3.05) is 18.6 Å². The summed E-state index contributed by atoms with van der Waals surface area (Å²) in [5, 5.41) is 0. The normalized spacial score (nSPS) is 21.5. The summed E-state index contributed by atoms with van der Waals surface area (Å²) in [4.78, 5) is 2.25. The summed E-state index contributed by atoms with van der Waals surface area (Å²) < 4.78 is 5.56. The van der Waals surface area contributed by atoms with Gasteiger partial charge in [0.25, 0.3) is 0 Å². The first-order valence-electron chi connectivity index (χ1n) is 4.23. The van der Waals surface area contributed by atoms with Gasteiger partial charge in [0.15, 0.2) is 0 Å². The minimum atomic E-state index is 0.472. The van der Waals surface area contributed by atoms with E-state index >= 15 is 0 Å². The van der Waals surface area contributed by atoms with Crippen LogP contribution in [0, 0.1) is 0 Å². The molecule has 1 atom stereocenters. The molecule has 0 radical (unpaired) electrons. The van der Waals surface area contributed by atoms with Gasteiger partial charge in [0.05, 0.1) is 11.7 Å². The lowest BCUT2D eigenvalue weighted by atomic mass is 10.2. The number of nitrogens with zero attached hydrogens (tertiary/aromatic N) is 1. The van der Waals surface area contributed by atoms with Gasteiger partial charge in [0.2, 0.25) is 0 Å². The Labute approximate surface area is 72.8 Å². The zero-order valence-corrected chi connectivity index (χ0v) is 7.45. The van der Waals surface area contributed by atoms with E-state index in [0.29, 0.717) is 6.04 Å². The van der Waals surface area contributed by atoms with Gasteiger partial charge >= 0.3 is 0 Å². The molecule has 0 spiro atoms. The van der Waals surface area contributed by atoms with Crippen LogP contribution in [-0.4, -0.2) is 19.7 Å². The molecule has 0 N–H and O–H groups in total. The largest absolute Gasteiger partial charge is 0.489 e. The van der Waals surface area contributed by atoms with Crippen molar-refractivity contribution in [3.8, 4) is 5.75 Å². The molecule has 0 aliphatic carbocycles. The monoisotopic (exact) mass is 163 g/mol. The molecule has 1 aliphatic heterocycles. The van der Waals surface area contributed by atoms with Crippen molar-refractivity contribution in [2.24, 2.45) is 0 Å². The van der Waals surface area contributed by atoms with Crippen molar-refractivity contribution < 1.29 is 4.74 Å². The predicted molar refractivity (Wildman–Crippen MR) is 49.8 cm³/mol. The lowest BCUT2D eigenvalue weighted by molar-refractivity contribution is 0.275. The third-order valence-corrected chi connectivity index (χ3v) is 2.39. The van der Waals surface area contributed by atoms with Gasteiger partial charge in [-0.2, -0.15) is 0 Å². The summed E-state index contributed by atoms with van der Waals surface area (Å²) in [6.45, 7) is 2.95. The number of para-hydroxylation sites is 2. The average Bonchev–Trinajstić information content (AvgIpc) is 2.12. The number of hydrogen-bond acceptors (Lipinski definition) is 2. The van der Waals surface area contributed by atoms with E-state index in [4.69, 9.17) is 4.74 Å². The van der Waals surface area contributed by atoms with Crippen LogP contribution in [0.2, 0.25) is 0 Å². The molecule has 64 valence electrons. The van der Waals surface area contributed by atoms with Gasteiger partial charge in [-0.15, -0.1) is 0 Å². The van der Waals surface area contributed by atoms with E-state index in [1.165, 1.54) is 5.69 Å². The molecule has 2 heteroatoms. The molecule has 1 heterocycles. The SMILES string of the molecule is CC1COc2ccccc2N1C. The number of ether oxygens (including phenoxy) is 1. The van der Waals surface area contributed by atoms with E-state index in [1.807, 2.05) is 18.2 Å². The third-order valence-electron chi connectivity index (χ3n) is 2.39. The molecule has 1 aliphatic rings. The van der Waals surface area contributed by atoms with Crippen molar-refractivity contribution in [3.05, 3.63) is 24.3 Å². The maximum atomic E-state index is 5.56. The van der Waals surface area contributed by atoms with Crippen LogP contribution in [0.3, 0.4) is 0 Å². The second kappa shape index (κ2) is 2.70. The number of likely N-dealkylation sites (N-methyl/N-ethyl adjacent to an activating group) is 1. The van der Waals surface area contributed by atoms with Crippen LogP contribution in [0.5, 0.6) is 5.75 Å². The first-order chi connectivity index (χ1) is 5.79. The molecule has 0 amide bonds. The minimum absolute atomic E-state index is 0.472. The molecule has 0 saturated heterocycles. The summed E-state index contributed by atoms with van der Waals surface area (Å²) in [5.41, 5.74) is 1.19. The third kappa shape index (κ3) is 1.04. The molecular weight excluding hydrogens is 150 g/mol. The molecule has 0 saturated carbocycles. The Balaban J connectivity index is 2.42. The molecule has 12 heavy (non-hydrogen) atoms. The van der Waals surface area contributed by atoms with Crippen LogP contribution in [0.15, 0.2) is 24.3 Å². The second-order valence-corrected chi connectivity index (χ2v) is 3.24. The van der Waals surface area contributed by atoms with Gasteiger partial charge in [-0.05, 0) is 19.1 Å². The Hall–Kier alpha value is -1.18. The Morgan fingerprint density at radius 3 is 3.00 bits per heavy atom. The second-order valence-electron chi connectivity index (χ2n) is 3.24. The van der Waals surface area contributed by atoms with Crippen LogP contribution >= 0.6 is 0 Å². The number of hydrogen-bond donors (Lipinski definition) is 0. The highest BCUT2D eigenvalue weighted by molar-refractivity contribution is 5.59. The number of fused-ring (bicyclic) bond motifs is 1. The first-order valence-corrected chi connectivity index (χ1v) is 4.23. The molecule has 2 nitrogen and oxygen atoms in total. The highest BCUT2D eigenvalue weighted by atomic mass is 16.5. The molecule has 1 aromatic rings. The number of anilines is 1. The summed E-state index contributed by atoms with van der Waals surface area (Å²) in [6.07, 6.45) is 0. The number of benzene rings is 1. The van der Waals surface area contributed by atoms with Gasteiger partial charge in [0, 0.05) is 7.05 Å². The zero-order valence-electron chi connectivity index (χ0n) is 7.45. The summed E-state index contributed by atoms with van der Waals surface area (Å²) >= 11 is 0. The average molecular weight is 163 g/mol. The maximum absolute atomic E-state index is 5.56. The van der Waals surface area contributed by atoms with E-state index < -0.39 is 0 Å². The van der Waals surface area contributed by atoms with E-state index in [-0.39, 0.29) is 0 Å². The van der Waals surface area contributed by atoms with Gasteiger partial charge in [-0.3, -0.25) is 0 Å². The standard InChI is InChI=1S/C10H13NO/c1-8-7-12-10-6-4-3-5-9(10)11(8)2/h3-6,8H,7H2,1-2H3. The van der Waals surface area contributed by atoms with E-state index in [0.717, 1.165) is 12.4 Å². The Kier molecular flexibility index (Phi) is 1.68. The smallest absolute Gasteiger partial charge is 0.142 e. The molecule has 2 rings (SSSR count). The Morgan fingerprint density at radius 2 is 2.17 bits per heavy atom. The van der Waals surface area contributed by atoms with Crippen molar-refractivity contribution in [1.82, 2.24) is 0 Å². The fourth-order valence-corrected chi connectivity index (χ4v) is 1.43. The van der Waals surface area contributed by atoms with Crippen LogP contribution in [0.25, 0.3) is 0 Å².